The molecule has 1 aliphatic heterocycles. The second kappa shape index (κ2) is 10.1. The molecule has 1 aliphatic rings. The fourth-order valence-corrected chi connectivity index (χ4v) is 4.30. The molecule has 1 saturated heterocycles. The molecule has 2 unspecified atom stereocenters. The molecule has 164 valence electrons. The zero-order chi connectivity index (χ0) is 21.6. The number of hydrogen-bond acceptors (Lipinski definition) is 7. The van der Waals surface area contributed by atoms with E-state index in [-0.39, 0.29) is 0 Å². The largest absolute Gasteiger partial charge is 0.494 e. The van der Waals surface area contributed by atoms with Crippen molar-refractivity contribution >= 4 is 17.5 Å². The van der Waals surface area contributed by atoms with Gasteiger partial charge in [0.25, 0.3) is 0 Å². The first kappa shape index (κ1) is 21.6. The smallest absolute Gasteiger partial charge is 0.247 e. The third-order valence-corrected chi connectivity index (χ3v) is 6.55. The van der Waals surface area contributed by atoms with Gasteiger partial charge in [-0.15, -0.1) is 10.2 Å². The van der Waals surface area contributed by atoms with Crippen molar-refractivity contribution in [3.05, 3.63) is 48.1 Å². The van der Waals surface area contributed by atoms with E-state index < -0.39 is 0 Å². The van der Waals surface area contributed by atoms with Crippen LogP contribution in [0.4, 0.5) is 5.95 Å². The van der Waals surface area contributed by atoms with Crippen molar-refractivity contribution in [2.75, 3.05) is 24.6 Å². The molecule has 0 amide bonds. The summed E-state index contributed by atoms with van der Waals surface area (Å²) in [6.07, 6.45) is 8.00. The Kier molecular flexibility index (Phi) is 7.02. The highest BCUT2D eigenvalue weighted by Crippen LogP contribution is 2.32. The normalized spacial score (nSPS) is 16.8. The molecule has 8 heteroatoms. The molecule has 3 heterocycles. The molecule has 1 aromatic carbocycles. The molecule has 7 nitrogen and oxygen atoms in total. The van der Waals surface area contributed by atoms with E-state index in [0.29, 0.717) is 35.3 Å². The van der Waals surface area contributed by atoms with E-state index in [4.69, 9.17) is 20.8 Å². The van der Waals surface area contributed by atoms with Crippen molar-refractivity contribution in [2.45, 2.75) is 33.1 Å². The molecule has 0 saturated carbocycles. The van der Waals surface area contributed by atoms with E-state index in [0.717, 1.165) is 49.6 Å². The van der Waals surface area contributed by atoms with Crippen LogP contribution in [0.1, 0.15) is 33.1 Å². The molecule has 0 aliphatic carbocycles. The lowest BCUT2D eigenvalue weighted by Crippen LogP contribution is -2.37. The Balaban J connectivity index is 1.23. The minimum Gasteiger partial charge on any atom is -0.494 e. The molecule has 3 aromatic rings. The van der Waals surface area contributed by atoms with Crippen LogP contribution in [0.25, 0.3) is 11.5 Å². The number of anilines is 1. The van der Waals surface area contributed by atoms with Crippen LogP contribution < -0.4 is 9.64 Å². The number of nitrogens with zero attached hydrogens (tertiary/aromatic N) is 5. The molecular weight excluding hydrogens is 414 g/mol. The molecule has 0 N–H and O–H groups in total. The third-order valence-electron chi connectivity index (χ3n) is 6.35. The minimum atomic E-state index is 0.503. The topological polar surface area (TPSA) is 77.2 Å². The maximum Gasteiger partial charge on any atom is 0.247 e. The van der Waals surface area contributed by atoms with Gasteiger partial charge in [-0.05, 0) is 55.2 Å². The highest BCUT2D eigenvalue weighted by atomic mass is 35.5. The van der Waals surface area contributed by atoms with Crippen LogP contribution in [-0.4, -0.2) is 39.9 Å². The van der Waals surface area contributed by atoms with E-state index in [1.807, 2.05) is 24.3 Å². The first-order valence-corrected chi connectivity index (χ1v) is 11.2. The summed E-state index contributed by atoms with van der Waals surface area (Å²) >= 11 is 5.90. The van der Waals surface area contributed by atoms with Gasteiger partial charge < -0.3 is 14.1 Å². The fraction of sp³-hybridized carbons (Fsp3) is 0.478. The van der Waals surface area contributed by atoms with Crippen molar-refractivity contribution in [1.29, 1.82) is 0 Å². The van der Waals surface area contributed by atoms with Crippen LogP contribution in [0.5, 0.6) is 5.75 Å². The van der Waals surface area contributed by atoms with Crippen molar-refractivity contribution in [1.82, 2.24) is 20.2 Å². The first-order chi connectivity index (χ1) is 15.1. The monoisotopic (exact) mass is 441 g/mol. The van der Waals surface area contributed by atoms with E-state index >= 15 is 0 Å². The van der Waals surface area contributed by atoms with E-state index in [1.54, 1.807) is 12.4 Å². The third kappa shape index (κ3) is 5.53. The zero-order valence-electron chi connectivity index (χ0n) is 17.9. The SMILES string of the molecule is CC(CCOc1cccc(-c2nnco2)c1)C(C)C1CCN(c2ncc(Cl)cn2)CC1. The fourth-order valence-electron chi connectivity index (χ4n) is 4.20. The van der Waals surface area contributed by atoms with Gasteiger partial charge in [0.05, 0.1) is 24.0 Å². The second-order valence-electron chi connectivity index (χ2n) is 8.27. The predicted molar refractivity (Wildman–Crippen MR) is 120 cm³/mol. The first-order valence-electron chi connectivity index (χ1n) is 10.8. The lowest BCUT2D eigenvalue weighted by atomic mass is 9.77. The van der Waals surface area contributed by atoms with Gasteiger partial charge in [-0.2, -0.15) is 0 Å². The lowest BCUT2D eigenvalue weighted by Gasteiger charge is -2.37. The van der Waals surface area contributed by atoms with Crippen molar-refractivity contribution in [2.24, 2.45) is 17.8 Å². The molecule has 4 rings (SSSR count). The summed E-state index contributed by atoms with van der Waals surface area (Å²) in [5.74, 6) is 4.04. The number of rotatable bonds is 8. The van der Waals surface area contributed by atoms with Crippen molar-refractivity contribution in [3.63, 3.8) is 0 Å². The number of piperidine rings is 1. The Morgan fingerprint density at radius 3 is 2.68 bits per heavy atom. The average Bonchev–Trinajstić information content (AvgIpc) is 3.34. The Morgan fingerprint density at radius 2 is 1.97 bits per heavy atom. The quantitative estimate of drug-likeness (QED) is 0.479. The van der Waals surface area contributed by atoms with E-state index in [1.165, 1.54) is 6.39 Å². The van der Waals surface area contributed by atoms with Gasteiger partial charge in [0.1, 0.15) is 5.75 Å². The van der Waals surface area contributed by atoms with Gasteiger partial charge in [0, 0.05) is 18.7 Å². The summed E-state index contributed by atoms with van der Waals surface area (Å²) < 4.78 is 11.3. The standard InChI is InChI=1S/C23H28ClN5O2/c1-16(8-11-30-21-5-3-4-19(12-21)22-28-27-15-31-22)17(2)18-6-9-29(10-7-18)23-25-13-20(24)14-26-23/h3-5,12-18H,6-11H2,1-2H3. The number of hydrogen-bond donors (Lipinski definition) is 0. The number of aromatic nitrogens is 4. The molecular formula is C23H28ClN5O2. The molecule has 0 bridgehead atoms. The van der Waals surface area contributed by atoms with Crippen molar-refractivity contribution < 1.29 is 9.15 Å². The van der Waals surface area contributed by atoms with Gasteiger partial charge in [-0.1, -0.05) is 31.5 Å². The maximum atomic E-state index is 6.01. The summed E-state index contributed by atoms with van der Waals surface area (Å²) in [4.78, 5) is 11.0. The van der Waals surface area contributed by atoms with Gasteiger partial charge in [-0.3, -0.25) is 0 Å². The zero-order valence-corrected chi connectivity index (χ0v) is 18.7. The molecule has 0 spiro atoms. The van der Waals surface area contributed by atoms with E-state index in [2.05, 4.69) is 38.9 Å². The highest BCUT2D eigenvalue weighted by Gasteiger charge is 2.28. The number of ether oxygens (including phenoxy) is 1. The van der Waals surface area contributed by atoms with Crippen LogP contribution in [0, 0.1) is 17.8 Å². The van der Waals surface area contributed by atoms with Crippen LogP contribution >= 0.6 is 11.6 Å². The molecule has 2 atom stereocenters. The Labute approximate surface area is 187 Å². The average molecular weight is 442 g/mol. The van der Waals surface area contributed by atoms with Gasteiger partial charge in [-0.25, -0.2) is 9.97 Å². The summed E-state index contributed by atoms with van der Waals surface area (Å²) in [5, 5.41) is 8.25. The van der Waals surface area contributed by atoms with Gasteiger partial charge in [0.2, 0.25) is 18.2 Å². The maximum absolute atomic E-state index is 6.01. The van der Waals surface area contributed by atoms with E-state index in [9.17, 15) is 0 Å². The predicted octanol–water partition coefficient (Wildman–Crippen LogP) is 5.14. The highest BCUT2D eigenvalue weighted by molar-refractivity contribution is 6.30. The summed E-state index contributed by atoms with van der Waals surface area (Å²) in [7, 11) is 0. The van der Waals surface area contributed by atoms with Gasteiger partial charge in [0.15, 0.2) is 0 Å². The summed E-state index contributed by atoms with van der Waals surface area (Å²) in [5.41, 5.74) is 0.868. The molecule has 31 heavy (non-hydrogen) atoms. The minimum absolute atomic E-state index is 0.503. The lowest BCUT2D eigenvalue weighted by molar-refractivity contribution is 0.186. The van der Waals surface area contributed by atoms with Crippen LogP contribution in [0.2, 0.25) is 5.02 Å². The Hall–Kier alpha value is -2.67. The molecule has 2 aromatic heterocycles. The van der Waals surface area contributed by atoms with Crippen LogP contribution in [0.3, 0.4) is 0 Å². The second-order valence-corrected chi connectivity index (χ2v) is 8.71. The summed E-state index contributed by atoms with van der Waals surface area (Å²) in [6.45, 7) is 7.37. The number of halogens is 1. The number of benzene rings is 1. The Bertz CT molecular complexity index is 943. The van der Waals surface area contributed by atoms with Crippen LogP contribution in [0.15, 0.2) is 47.5 Å². The molecule has 1 fully saturated rings. The Morgan fingerprint density at radius 1 is 1.19 bits per heavy atom. The van der Waals surface area contributed by atoms with Crippen molar-refractivity contribution in [3.8, 4) is 17.2 Å². The van der Waals surface area contributed by atoms with Crippen LogP contribution in [-0.2, 0) is 0 Å². The van der Waals surface area contributed by atoms with Gasteiger partial charge >= 0.3 is 0 Å². The summed E-state index contributed by atoms with van der Waals surface area (Å²) in [6, 6.07) is 7.78. The molecule has 0 radical (unpaired) electrons.